The van der Waals surface area contributed by atoms with Gasteiger partial charge in [-0.25, -0.2) is 0 Å². The molecule has 0 heterocycles. The summed E-state index contributed by atoms with van der Waals surface area (Å²) in [5.74, 6) is -1.01. The summed E-state index contributed by atoms with van der Waals surface area (Å²) in [6.45, 7) is 0. The van der Waals surface area contributed by atoms with Crippen molar-refractivity contribution in [1.82, 2.24) is 0 Å². The number of fused-ring (bicyclic) bond motifs is 3. The second-order valence-corrected chi connectivity index (χ2v) is 6.89. The largest absolute Gasteiger partial charge is 0.496 e. The average molecular weight is 381 g/mol. The Morgan fingerprint density at radius 2 is 2.04 bits per heavy atom. The summed E-state index contributed by atoms with van der Waals surface area (Å²) in [4.78, 5) is 36.8. The lowest BCUT2D eigenvalue weighted by Crippen LogP contribution is -2.33. The lowest BCUT2D eigenvalue weighted by atomic mass is 9.72. The van der Waals surface area contributed by atoms with Gasteiger partial charge >= 0.3 is 5.97 Å². The zero-order valence-corrected chi connectivity index (χ0v) is 14.5. The van der Waals surface area contributed by atoms with Gasteiger partial charge in [0.2, 0.25) is 0 Å². The molecule has 0 N–H and O–H groups in total. The number of hydrogen-bond donors (Lipinski definition) is 0. The topological polar surface area (TPSA) is 69.7 Å². The molecule has 0 bridgehead atoms. The van der Waals surface area contributed by atoms with Crippen LogP contribution in [-0.2, 0) is 14.3 Å². The number of benzene rings is 1. The molecule has 23 heavy (non-hydrogen) atoms. The van der Waals surface area contributed by atoms with Gasteiger partial charge in [-0.3, -0.25) is 14.4 Å². The maximum Gasteiger partial charge on any atom is 0.305 e. The van der Waals surface area contributed by atoms with E-state index in [0.717, 1.165) is 10.0 Å². The quantitative estimate of drug-likeness (QED) is 0.595. The first-order valence-corrected chi connectivity index (χ1v) is 8.27. The van der Waals surface area contributed by atoms with E-state index in [4.69, 9.17) is 9.47 Å². The Kier molecular flexibility index (Phi) is 4.27. The van der Waals surface area contributed by atoms with E-state index < -0.39 is 5.92 Å². The molecule has 0 aliphatic heterocycles. The van der Waals surface area contributed by atoms with Gasteiger partial charge in [-0.2, -0.15) is 0 Å². The number of ether oxygens (including phenoxy) is 2. The highest BCUT2D eigenvalue weighted by molar-refractivity contribution is 9.10. The molecule has 3 rings (SSSR count). The maximum absolute atomic E-state index is 12.7. The SMILES string of the molecule is COC(=O)C[C@@H]1CC(=O)[C@H]2C(=O)c3c(OC)ccc(Br)c3[C@H]2C1. The summed E-state index contributed by atoms with van der Waals surface area (Å²) in [5, 5.41) is 0. The standard InChI is InChI=1S/C17H17BrO5/c1-22-12-4-3-10(18)14-9-5-8(7-13(20)23-2)6-11(19)15(9)17(21)16(12)14/h3-4,8-9,15H,5-7H2,1-2H3/t8-,9+,15-/m0/s1. The van der Waals surface area contributed by atoms with E-state index in [1.54, 1.807) is 6.07 Å². The van der Waals surface area contributed by atoms with Gasteiger partial charge in [0, 0.05) is 23.2 Å². The molecule has 1 saturated carbocycles. The van der Waals surface area contributed by atoms with Crippen LogP contribution >= 0.6 is 15.9 Å². The first kappa shape index (κ1) is 16.2. The predicted octanol–water partition coefficient (Wildman–Crippen LogP) is 2.90. The van der Waals surface area contributed by atoms with Gasteiger partial charge in [0.05, 0.1) is 25.7 Å². The highest BCUT2D eigenvalue weighted by Crippen LogP contribution is 2.52. The zero-order chi connectivity index (χ0) is 16.7. The molecule has 0 unspecified atom stereocenters. The Morgan fingerprint density at radius 1 is 1.30 bits per heavy atom. The average Bonchev–Trinajstić information content (AvgIpc) is 2.82. The number of ketones is 2. The van der Waals surface area contributed by atoms with E-state index in [2.05, 4.69) is 15.9 Å². The minimum Gasteiger partial charge on any atom is -0.496 e. The van der Waals surface area contributed by atoms with Crippen LogP contribution in [0, 0.1) is 11.8 Å². The lowest BCUT2D eigenvalue weighted by Gasteiger charge is -2.30. The van der Waals surface area contributed by atoms with Gasteiger partial charge in [-0.05, 0) is 30.0 Å². The molecule has 0 amide bonds. The molecule has 0 aromatic heterocycles. The van der Waals surface area contributed by atoms with E-state index in [-0.39, 0.29) is 42.2 Å². The molecule has 1 aromatic carbocycles. The molecule has 6 heteroatoms. The monoisotopic (exact) mass is 380 g/mol. The summed E-state index contributed by atoms with van der Waals surface area (Å²) in [6.07, 6.45) is 1.07. The van der Waals surface area contributed by atoms with Crippen LogP contribution < -0.4 is 4.74 Å². The van der Waals surface area contributed by atoms with Gasteiger partial charge < -0.3 is 9.47 Å². The minimum absolute atomic E-state index is 0.0898. The highest BCUT2D eigenvalue weighted by Gasteiger charge is 2.50. The number of carbonyl (C=O) groups is 3. The van der Waals surface area contributed by atoms with Crippen LogP contribution in [0.2, 0.25) is 0 Å². The van der Waals surface area contributed by atoms with E-state index in [0.29, 0.717) is 17.7 Å². The Bertz CT molecular complexity index is 696. The molecule has 0 radical (unpaired) electrons. The summed E-state index contributed by atoms with van der Waals surface area (Å²) in [7, 11) is 2.85. The van der Waals surface area contributed by atoms with E-state index in [9.17, 15) is 14.4 Å². The smallest absolute Gasteiger partial charge is 0.305 e. The number of methoxy groups -OCH3 is 2. The van der Waals surface area contributed by atoms with Crippen LogP contribution in [-0.4, -0.2) is 31.8 Å². The normalized spacial score (nSPS) is 25.8. The van der Waals surface area contributed by atoms with Crippen molar-refractivity contribution in [2.45, 2.75) is 25.2 Å². The van der Waals surface area contributed by atoms with Crippen LogP contribution in [0.15, 0.2) is 16.6 Å². The van der Waals surface area contributed by atoms with E-state index in [1.165, 1.54) is 14.2 Å². The Balaban J connectivity index is 2.00. The fourth-order valence-electron chi connectivity index (χ4n) is 3.82. The summed E-state index contributed by atoms with van der Waals surface area (Å²) in [6, 6.07) is 3.57. The third-order valence-corrected chi connectivity index (χ3v) is 5.47. The first-order chi connectivity index (χ1) is 11.0. The highest BCUT2D eigenvalue weighted by atomic mass is 79.9. The molecule has 2 aliphatic carbocycles. The van der Waals surface area contributed by atoms with Crippen molar-refractivity contribution >= 4 is 33.5 Å². The lowest BCUT2D eigenvalue weighted by molar-refractivity contribution is -0.142. The van der Waals surface area contributed by atoms with Crippen LogP contribution in [0.5, 0.6) is 5.75 Å². The van der Waals surface area contributed by atoms with Crippen LogP contribution in [0.4, 0.5) is 0 Å². The number of esters is 1. The Morgan fingerprint density at radius 3 is 2.70 bits per heavy atom. The van der Waals surface area contributed by atoms with Crippen molar-refractivity contribution in [3.8, 4) is 5.75 Å². The Hall–Kier alpha value is -1.69. The summed E-state index contributed by atoms with van der Waals surface area (Å²) >= 11 is 3.49. The van der Waals surface area contributed by atoms with Gasteiger partial charge in [-0.15, -0.1) is 0 Å². The first-order valence-electron chi connectivity index (χ1n) is 7.48. The summed E-state index contributed by atoms with van der Waals surface area (Å²) in [5.41, 5.74) is 1.34. The maximum atomic E-state index is 12.7. The van der Waals surface area contributed by atoms with Crippen molar-refractivity contribution in [3.05, 3.63) is 27.7 Å². The van der Waals surface area contributed by atoms with Crippen molar-refractivity contribution in [1.29, 1.82) is 0 Å². The van der Waals surface area contributed by atoms with Crippen LogP contribution in [0.1, 0.15) is 41.1 Å². The van der Waals surface area contributed by atoms with Gasteiger partial charge in [0.25, 0.3) is 0 Å². The summed E-state index contributed by atoms with van der Waals surface area (Å²) < 4.78 is 10.8. The molecule has 3 atom stereocenters. The fourth-order valence-corrected chi connectivity index (χ4v) is 4.44. The van der Waals surface area contributed by atoms with Crippen molar-refractivity contribution < 1.29 is 23.9 Å². The van der Waals surface area contributed by atoms with Gasteiger partial charge in [0.15, 0.2) is 5.78 Å². The van der Waals surface area contributed by atoms with E-state index >= 15 is 0 Å². The predicted molar refractivity (Wildman–Crippen MR) is 85.6 cm³/mol. The second-order valence-electron chi connectivity index (χ2n) is 6.04. The fraction of sp³-hybridized carbons (Fsp3) is 0.471. The number of Topliss-reactive ketones (excluding diaryl/α,β-unsaturated/α-hetero) is 2. The molecule has 5 nitrogen and oxygen atoms in total. The Labute approximate surface area is 142 Å². The molecule has 0 spiro atoms. The zero-order valence-electron chi connectivity index (χ0n) is 12.9. The minimum atomic E-state index is -0.647. The molecule has 0 saturated heterocycles. The molecular weight excluding hydrogens is 364 g/mol. The molecule has 2 aliphatic rings. The number of halogens is 1. The third kappa shape index (κ3) is 2.59. The molecule has 1 aromatic rings. The van der Waals surface area contributed by atoms with Crippen molar-refractivity contribution in [3.63, 3.8) is 0 Å². The van der Waals surface area contributed by atoms with Gasteiger partial charge in [0.1, 0.15) is 11.5 Å². The van der Waals surface area contributed by atoms with Crippen molar-refractivity contribution in [2.75, 3.05) is 14.2 Å². The van der Waals surface area contributed by atoms with Crippen LogP contribution in [0.3, 0.4) is 0 Å². The second kappa shape index (κ2) is 6.07. The molecule has 1 fully saturated rings. The van der Waals surface area contributed by atoms with Crippen LogP contribution in [0.25, 0.3) is 0 Å². The van der Waals surface area contributed by atoms with Gasteiger partial charge in [-0.1, -0.05) is 15.9 Å². The number of hydrogen-bond acceptors (Lipinski definition) is 5. The number of rotatable bonds is 3. The van der Waals surface area contributed by atoms with E-state index in [1.807, 2.05) is 6.07 Å². The molecular formula is C17H17BrO5. The molecule has 122 valence electrons. The third-order valence-electron chi connectivity index (χ3n) is 4.78. The van der Waals surface area contributed by atoms with Crippen molar-refractivity contribution in [2.24, 2.45) is 11.8 Å². The number of carbonyl (C=O) groups excluding carboxylic acids is 3.